The van der Waals surface area contributed by atoms with E-state index in [9.17, 15) is 4.39 Å². The third kappa shape index (κ3) is 4.02. The number of nitrogens with zero attached hydrogens (tertiary/aromatic N) is 1. The van der Waals surface area contributed by atoms with Crippen LogP contribution in [0.4, 0.5) is 4.39 Å². The highest BCUT2D eigenvalue weighted by Gasteiger charge is 2.15. The van der Waals surface area contributed by atoms with Crippen LogP contribution in [0.2, 0.25) is 5.02 Å². The summed E-state index contributed by atoms with van der Waals surface area (Å²) in [6, 6.07) is 9.16. The lowest BCUT2D eigenvalue weighted by atomic mass is 9.97. The molecule has 1 aromatic carbocycles. The molecule has 1 aromatic heterocycles. The number of hydrogen-bond acceptors (Lipinski definition) is 2. The fourth-order valence-corrected chi connectivity index (χ4v) is 2.71. The van der Waals surface area contributed by atoms with Gasteiger partial charge in [0, 0.05) is 17.4 Å². The maximum Gasteiger partial charge on any atom is 0.141 e. The SMILES string of the molecule is CCNC(Cc1ccc(F)c(Cl)c1)c1ccc(C)nc1C. The van der Waals surface area contributed by atoms with Crippen molar-refractivity contribution in [1.82, 2.24) is 10.3 Å². The van der Waals surface area contributed by atoms with Crippen molar-refractivity contribution in [2.45, 2.75) is 33.2 Å². The first-order valence-corrected chi connectivity index (χ1v) is 7.50. The van der Waals surface area contributed by atoms with Gasteiger partial charge in [0.05, 0.1) is 5.02 Å². The quantitative estimate of drug-likeness (QED) is 0.886. The number of benzene rings is 1. The van der Waals surface area contributed by atoms with Crippen molar-refractivity contribution >= 4 is 11.6 Å². The van der Waals surface area contributed by atoms with Gasteiger partial charge in [-0.3, -0.25) is 4.98 Å². The maximum atomic E-state index is 13.3. The molecule has 0 aliphatic rings. The van der Waals surface area contributed by atoms with Crippen LogP contribution < -0.4 is 5.32 Å². The summed E-state index contributed by atoms with van der Waals surface area (Å²) in [6.45, 7) is 6.93. The molecule has 0 saturated carbocycles. The smallest absolute Gasteiger partial charge is 0.141 e. The minimum Gasteiger partial charge on any atom is -0.310 e. The fraction of sp³-hybridized carbons (Fsp3) is 0.353. The molecule has 0 fully saturated rings. The largest absolute Gasteiger partial charge is 0.310 e. The molecule has 0 radical (unpaired) electrons. The summed E-state index contributed by atoms with van der Waals surface area (Å²) in [5.41, 5.74) is 4.21. The van der Waals surface area contributed by atoms with Crippen LogP contribution in [0.1, 0.15) is 35.5 Å². The molecular formula is C17H20ClFN2. The van der Waals surface area contributed by atoms with E-state index >= 15 is 0 Å². The van der Waals surface area contributed by atoms with Crippen LogP contribution in [-0.4, -0.2) is 11.5 Å². The molecular weight excluding hydrogens is 287 g/mol. The topological polar surface area (TPSA) is 24.9 Å². The van der Waals surface area contributed by atoms with Crippen molar-refractivity contribution in [1.29, 1.82) is 0 Å². The van der Waals surface area contributed by atoms with Gasteiger partial charge in [0.25, 0.3) is 0 Å². The van der Waals surface area contributed by atoms with Gasteiger partial charge in [-0.25, -0.2) is 4.39 Å². The zero-order chi connectivity index (χ0) is 15.4. The number of aryl methyl sites for hydroxylation is 2. The maximum absolute atomic E-state index is 13.3. The van der Waals surface area contributed by atoms with Crippen molar-refractivity contribution in [3.05, 3.63) is 63.7 Å². The van der Waals surface area contributed by atoms with Crippen LogP contribution in [0.25, 0.3) is 0 Å². The van der Waals surface area contributed by atoms with Crippen LogP contribution >= 0.6 is 11.6 Å². The Balaban J connectivity index is 2.28. The highest BCUT2D eigenvalue weighted by atomic mass is 35.5. The molecule has 1 heterocycles. The zero-order valence-corrected chi connectivity index (χ0v) is 13.3. The lowest BCUT2D eigenvalue weighted by Crippen LogP contribution is -2.24. The summed E-state index contributed by atoms with van der Waals surface area (Å²) < 4.78 is 13.3. The van der Waals surface area contributed by atoms with Crippen LogP contribution in [-0.2, 0) is 6.42 Å². The van der Waals surface area contributed by atoms with E-state index in [4.69, 9.17) is 11.6 Å². The monoisotopic (exact) mass is 306 g/mol. The molecule has 1 N–H and O–H groups in total. The number of aromatic nitrogens is 1. The molecule has 0 amide bonds. The van der Waals surface area contributed by atoms with Crippen molar-refractivity contribution in [3.63, 3.8) is 0 Å². The fourth-order valence-electron chi connectivity index (χ4n) is 2.51. The summed E-state index contributed by atoms with van der Waals surface area (Å²) in [5, 5.41) is 3.63. The molecule has 1 atom stereocenters. The molecule has 0 aliphatic heterocycles. The average molecular weight is 307 g/mol. The summed E-state index contributed by atoms with van der Waals surface area (Å²) in [5.74, 6) is -0.381. The van der Waals surface area contributed by atoms with Crippen molar-refractivity contribution in [3.8, 4) is 0 Å². The first-order chi connectivity index (χ1) is 10.0. The highest BCUT2D eigenvalue weighted by Crippen LogP contribution is 2.24. The Morgan fingerprint density at radius 1 is 1.24 bits per heavy atom. The first-order valence-electron chi connectivity index (χ1n) is 7.12. The molecule has 2 aromatic rings. The number of nitrogens with one attached hydrogen (secondary N) is 1. The van der Waals surface area contributed by atoms with Gasteiger partial charge in [0.2, 0.25) is 0 Å². The molecule has 0 saturated heterocycles. The van der Waals surface area contributed by atoms with Crippen molar-refractivity contribution in [2.24, 2.45) is 0 Å². The van der Waals surface area contributed by atoms with Gasteiger partial charge in [0.1, 0.15) is 5.82 Å². The van der Waals surface area contributed by atoms with Gasteiger partial charge >= 0.3 is 0 Å². The summed E-state index contributed by atoms with van der Waals surface area (Å²) in [4.78, 5) is 4.52. The van der Waals surface area contributed by atoms with E-state index in [0.29, 0.717) is 0 Å². The third-order valence-electron chi connectivity index (χ3n) is 3.52. The highest BCUT2D eigenvalue weighted by molar-refractivity contribution is 6.30. The Kier molecular flexibility index (Phi) is 5.32. The third-order valence-corrected chi connectivity index (χ3v) is 3.81. The molecule has 0 aliphatic carbocycles. The van der Waals surface area contributed by atoms with E-state index in [-0.39, 0.29) is 16.9 Å². The number of hydrogen-bond donors (Lipinski definition) is 1. The Labute approximate surface area is 130 Å². The Hall–Kier alpha value is -1.45. The van der Waals surface area contributed by atoms with E-state index in [0.717, 1.165) is 29.9 Å². The van der Waals surface area contributed by atoms with Crippen molar-refractivity contribution in [2.75, 3.05) is 6.54 Å². The zero-order valence-electron chi connectivity index (χ0n) is 12.6. The Morgan fingerprint density at radius 3 is 2.62 bits per heavy atom. The number of rotatable bonds is 5. The van der Waals surface area contributed by atoms with Crippen molar-refractivity contribution < 1.29 is 4.39 Å². The average Bonchev–Trinajstić information content (AvgIpc) is 2.42. The molecule has 21 heavy (non-hydrogen) atoms. The normalized spacial score (nSPS) is 12.4. The molecule has 0 bridgehead atoms. The van der Waals surface area contributed by atoms with E-state index < -0.39 is 0 Å². The van der Waals surface area contributed by atoms with Gasteiger partial charge < -0.3 is 5.32 Å². The summed E-state index contributed by atoms with van der Waals surface area (Å²) >= 11 is 5.86. The molecule has 2 rings (SSSR count). The summed E-state index contributed by atoms with van der Waals surface area (Å²) in [6.07, 6.45) is 0.749. The molecule has 1 unspecified atom stereocenters. The van der Waals surface area contributed by atoms with Gasteiger partial charge in [-0.15, -0.1) is 0 Å². The molecule has 4 heteroatoms. The van der Waals surface area contributed by atoms with E-state index in [1.165, 1.54) is 11.6 Å². The minimum atomic E-state index is -0.381. The summed E-state index contributed by atoms with van der Waals surface area (Å²) in [7, 11) is 0. The second-order valence-corrected chi connectivity index (χ2v) is 5.60. The molecule has 0 spiro atoms. The number of pyridine rings is 1. The number of likely N-dealkylation sites (N-methyl/N-ethyl adjacent to an activating group) is 1. The van der Waals surface area contributed by atoms with Crippen LogP contribution in [0, 0.1) is 19.7 Å². The van der Waals surface area contributed by atoms with E-state index in [2.05, 4.69) is 23.3 Å². The predicted molar refractivity (Wildman–Crippen MR) is 85.2 cm³/mol. The van der Waals surface area contributed by atoms with E-state index in [1.54, 1.807) is 12.1 Å². The lowest BCUT2D eigenvalue weighted by Gasteiger charge is -2.20. The Bertz CT molecular complexity index is 628. The van der Waals surface area contributed by atoms with E-state index in [1.807, 2.05) is 19.9 Å². The second kappa shape index (κ2) is 7.01. The number of halogens is 2. The molecule has 2 nitrogen and oxygen atoms in total. The van der Waals surface area contributed by atoms with Gasteiger partial charge in [-0.2, -0.15) is 0 Å². The standard InChI is InChI=1S/C17H20ClFN2/c1-4-20-17(14-7-5-11(2)21-12(14)3)10-13-6-8-16(19)15(18)9-13/h5-9,17,20H,4,10H2,1-3H3. The van der Waals surface area contributed by atoms with Crippen LogP contribution in [0.3, 0.4) is 0 Å². The minimum absolute atomic E-state index is 0.143. The van der Waals surface area contributed by atoms with Gasteiger partial charge in [0.15, 0.2) is 0 Å². The van der Waals surface area contributed by atoms with Gasteiger partial charge in [-0.1, -0.05) is 30.7 Å². The van der Waals surface area contributed by atoms with Crippen LogP contribution in [0.5, 0.6) is 0 Å². The van der Waals surface area contributed by atoms with Crippen LogP contribution in [0.15, 0.2) is 30.3 Å². The molecule has 112 valence electrons. The first kappa shape index (κ1) is 15.9. The predicted octanol–water partition coefficient (Wildman–Crippen LogP) is 4.38. The lowest BCUT2D eigenvalue weighted by molar-refractivity contribution is 0.544. The van der Waals surface area contributed by atoms with Gasteiger partial charge in [-0.05, 0) is 56.1 Å². The second-order valence-electron chi connectivity index (χ2n) is 5.19. The Morgan fingerprint density at radius 2 is 2.00 bits per heavy atom.